The average molecular weight is 443 g/mol. The monoisotopic (exact) mass is 443 g/mol. The summed E-state index contributed by atoms with van der Waals surface area (Å²) in [6.07, 6.45) is -3.87. The van der Waals surface area contributed by atoms with E-state index in [9.17, 15) is 20.4 Å². The van der Waals surface area contributed by atoms with Crippen molar-refractivity contribution in [1.82, 2.24) is 0 Å². The van der Waals surface area contributed by atoms with Crippen molar-refractivity contribution in [3.05, 3.63) is 70.3 Å². The van der Waals surface area contributed by atoms with E-state index < -0.39 is 36.3 Å². The van der Waals surface area contributed by atoms with Crippen molar-refractivity contribution in [2.24, 2.45) is 5.16 Å². The summed E-state index contributed by atoms with van der Waals surface area (Å²) in [4.78, 5) is 4.83. The van der Waals surface area contributed by atoms with Crippen molar-refractivity contribution in [1.29, 1.82) is 0 Å². The van der Waals surface area contributed by atoms with Crippen molar-refractivity contribution in [3.8, 4) is 0 Å². The Kier molecular flexibility index (Phi) is 6.10. The molecular formula is C24H29NO7. The minimum absolute atomic E-state index is 0.147. The zero-order chi connectivity index (χ0) is 23.1. The molecule has 4 N–H and O–H groups in total. The number of hydrogen-bond acceptors (Lipinski definition) is 8. The van der Waals surface area contributed by atoms with Gasteiger partial charge in [-0.15, -0.1) is 0 Å². The van der Waals surface area contributed by atoms with Gasteiger partial charge >= 0.3 is 0 Å². The minimum Gasteiger partial charge on any atom is -0.399 e. The van der Waals surface area contributed by atoms with E-state index in [0.29, 0.717) is 12.0 Å². The maximum Gasteiger partial charge on any atom is 0.225 e. The van der Waals surface area contributed by atoms with Gasteiger partial charge in [-0.2, -0.15) is 0 Å². The highest BCUT2D eigenvalue weighted by atomic mass is 16.8. The Morgan fingerprint density at radius 2 is 1.84 bits per heavy atom. The molecule has 0 saturated carbocycles. The number of hydrogen-bond donors (Lipinski definition) is 4. The highest BCUT2D eigenvalue weighted by molar-refractivity contribution is 5.98. The second-order valence-electron chi connectivity index (χ2n) is 8.54. The fourth-order valence-corrected chi connectivity index (χ4v) is 4.43. The molecule has 5 atom stereocenters. The molecule has 2 bridgehead atoms. The first-order valence-corrected chi connectivity index (χ1v) is 10.5. The molecule has 0 aromatic heterocycles. The minimum atomic E-state index is -1.67. The third-order valence-corrected chi connectivity index (χ3v) is 6.47. The fraction of sp³-hybridized carbons (Fsp3) is 0.458. The summed E-state index contributed by atoms with van der Waals surface area (Å²) in [6, 6.07) is 13.5. The van der Waals surface area contributed by atoms with E-state index in [2.05, 4.69) is 5.16 Å². The Balaban J connectivity index is 1.64. The maximum atomic E-state index is 10.8. The summed E-state index contributed by atoms with van der Waals surface area (Å²) in [5, 5.41) is 45.3. The van der Waals surface area contributed by atoms with Gasteiger partial charge in [-0.25, -0.2) is 0 Å². The summed E-state index contributed by atoms with van der Waals surface area (Å²) in [6.45, 7) is 3.17. The lowest BCUT2D eigenvalue weighted by atomic mass is 9.83. The molecule has 2 aliphatic heterocycles. The fourth-order valence-electron chi connectivity index (χ4n) is 4.43. The Bertz CT molecular complexity index is 1010. The molecule has 32 heavy (non-hydrogen) atoms. The Hall–Kier alpha value is -2.33. The van der Waals surface area contributed by atoms with Crippen LogP contribution in [-0.4, -0.2) is 70.4 Å². The molecule has 2 aliphatic rings. The van der Waals surface area contributed by atoms with Gasteiger partial charge in [0.2, 0.25) is 5.79 Å². The summed E-state index contributed by atoms with van der Waals surface area (Å²) in [5.41, 5.74) is 3.90. The van der Waals surface area contributed by atoms with E-state index in [-0.39, 0.29) is 6.61 Å². The summed E-state index contributed by atoms with van der Waals surface area (Å²) in [7, 11) is 1.51. The van der Waals surface area contributed by atoms with Gasteiger partial charge < -0.3 is 34.7 Å². The molecule has 0 radical (unpaired) electrons. The van der Waals surface area contributed by atoms with E-state index in [1.54, 1.807) is 6.07 Å². The number of rotatable bonds is 6. The molecule has 4 rings (SSSR count). The predicted molar refractivity (Wildman–Crippen MR) is 116 cm³/mol. The topological polar surface area (TPSA) is 121 Å². The lowest BCUT2D eigenvalue weighted by Gasteiger charge is -2.46. The number of nitrogens with zero attached hydrogens (tertiary/aromatic N) is 1. The first-order valence-electron chi connectivity index (χ1n) is 10.5. The van der Waals surface area contributed by atoms with Gasteiger partial charge in [0.1, 0.15) is 31.0 Å². The summed E-state index contributed by atoms with van der Waals surface area (Å²) in [5.74, 6) is -1.67. The van der Waals surface area contributed by atoms with Crippen LogP contribution in [0.4, 0.5) is 0 Å². The van der Waals surface area contributed by atoms with Crippen LogP contribution in [0.5, 0.6) is 0 Å². The van der Waals surface area contributed by atoms with Crippen molar-refractivity contribution in [3.63, 3.8) is 0 Å². The molecule has 2 saturated heterocycles. The molecule has 8 nitrogen and oxygen atoms in total. The Labute approximate surface area is 186 Å². The number of aryl methyl sites for hydroxylation is 1. The Morgan fingerprint density at radius 1 is 1.12 bits per heavy atom. The van der Waals surface area contributed by atoms with E-state index >= 15 is 0 Å². The maximum absolute atomic E-state index is 10.8. The zero-order valence-electron chi connectivity index (χ0n) is 18.4. The second kappa shape index (κ2) is 8.55. The third kappa shape index (κ3) is 3.63. The van der Waals surface area contributed by atoms with Crippen LogP contribution in [0.15, 0.2) is 47.6 Å². The molecule has 2 aromatic rings. The van der Waals surface area contributed by atoms with E-state index in [0.717, 1.165) is 28.0 Å². The van der Waals surface area contributed by atoms with Crippen LogP contribution < -0.4 is 0 Å². The lowest BCUT2D eigenvalue weighted by Crippen LogP contribution is -2.65. The van der Waals surface area contributed by atoms with Crippen LogP contribution in [-0.2, 0) is 26.5 Å². The highest BCUT2D eigenvalue weighted by Gasteiger charge is 2.67. The lowest BCUT2D eigenvalue weighted by molar-refractivity contribution is -0.329. The van der Waals surface area contributed by atoms with Crippen molar-refractivity contribution in [2.45, 2.75) is 50.0 Å². The number of ether oxygens (including phenoxy) is 2. The molecule has 8 heteroatoms. The average Bonchev–Trinajstić information content (AvgIpc) is 3.19. The van der Waals surface area contributed by atoms with Gasteiger partial charge in [0, 0.05) is 5.56 Å². The van der Waals surface area contributed by atoms with Gasteiger partial charge in [-0.05, 0) is 48.6 Å². The molecule has 0 amide bonds. The normalized spacial score (nSPS) is 32.2. The first kappa shape index (κ1) is 22.8. The number of benzene rings is 2. The molecule has 2 fully saturated rings. The molecular weight excluding hydrogens is 414 g/mol. The van der Waals surface area contributed by atoms with Crippen LogP contribution in [0.25, 0.3) is 0 Å². The highest BCUT2D eigenvalue weighted by Crippen LogP contribution is 2.49. The zero-order valence-corrected chi connectivity index (χ0v) is 18.4. The number of fused-ring (bicyclic) bond motifs is 2. The van der Waals surface area contributed by atoms with Gasteiger partial charge in [0.05, 0.1) is 18.9 Å². The van der Waals surface area contributed by atoms with E-state index in [1.165, 1.54) is 7.11 Å². The molecule has 2 heterocycles. The molecule has 2 aromatic carbocycles. The van der Waals surface area contributed by atoms with E-state index in [1.807, 2.05) is 50.2 Å². The predicted octanol–water partition coefficient (Wildman–Crippen LogP) is 0.983. The molecule has 172 valence electrons. The van der Waals surface area contributed by atoms with Crippen molar-refractivity contribution >= 4 is 5.71 Å². The summed E-state index contributed by atoms with van der Waals surface area (Å²) < 4.78 is 11.8. The number of aliphatic hydroxyl groups excluding tert-OH is 4. The second-order valence-corrected chi connectivity index (χ2v) is 8.54. The van der Waals surface area contributed by atoms with Gasteiger partial charge in [0.25, 0.3) is 0 Å². The smallest absolute Gasteiger partial charge is 0.225 e. The van der Waals surface area contributed by atoms with Gasteiger partial charge in [-0.3, -0.25) is 0 Å². The molecule has 0 spiro atoms. The standard InChI is InChI=1S/C24H29NO7/c1-14-4-9-19(24-22(29)20(27)21(28)23(12-26,32-24)13-31-24)11-18(14)10-16-5-7-17(8-6-16)15(2)25-30-3/h4-9,11,20-22,26-29H,10,12-13H2,1-3H3/b25-15+/t20-,21-,22+,23-,24-/m0/s1. The number of aliphatic hydroxyl groups is 4. The SMILES string of the molecule is CO/N=C(\C)c1ccc(Cc2cc([C@]34OC[C@](CO)(O3)[C@@H](O)[C@H](O)[C@H]4O)ccc2C)cc1. The molecule has 0 aliphatic carbocycles. The van der Waals surface area contributed by atoms with Crippen LogP contribution in [0.3, 0.4) is 0 Å². The van der Waals surface area contributed by atoms with Crippen LogP contribution in [0.1, 0.15) is 34.7 Å². The van der Waals surface area contributed by atoms with Crippen LogP contribution in [0.2, 0.25) is 0 Å². The molecule has 0 unspecified atom stereocenters. The Morgan fingerprint density at radius 3 is 2.50 bits per heavy atom. The summed E-state index contributed by atoms with van der Waals surface area (Å²) >= 11 is 0. The first-order chi connectivity index (χ1) is 15.3. The third-order valence-electron chi connectivity index (χ3n) is 6.47. The van der Waals surface area contributed by atoms with Crippen molar-refractivity contribution < 1.29 is 34.7 Å². The van der Waals surface area contributed by atoms with E-state index in [4.69, 9.17) is 14.3 Å². The van der Waals surface area contributed by atoms with Crippen LogP contribution in [0, 0.1) is 6.92 Å². The van der Waals surface area contributed by atoms with Gasteiger partial charge in [0.15, 0.2) is 0 Å². The van der Waals surface area contributed by atoms with Crippen LogP contribution >= 0.6 is 0 Å². The van der Waals surface area contributed by atoms with Crippen molar-refractivity contribution in [2.75, 3.05) is 20.3 Å². The quantitative estimate of drug-likeness (QED) is 0.388. The number of oxime groups is 1. The van der Waals surface area contributed by atoms with Gasteiger partial charge in [-0.1, -0.05) is 41.6 Å². The largest absolute Gasteiger partial charge is 0.399 e.